The molecule has 1 aliphatic rings. The molecule has 21 heavy (non-hydrogen) atoms. The number of aromatic hydroxyl groups is 1. The second kappa shape index (κ2) is 5.51. The Morgan fingerprint density at radius 3 is 2.52 bits per heavy atom. The molecule has 1 aromatic carbocycles. The first-order chi connectivity index (χ1) is 9.71. The number of para-hydroxylation sites is 1. The Bertz CT molecular complexity index is 548. The van der Waals surface area contributed by atoms with Gasteiger partial charge in [-0.25, -0.2) is 5.06 Å². The summed E-state index contributed by atoms with van der Waals surface area (Å²) in [5.41, 5.74) is -1.95. The van der Waals surface area contributed by atoms with E-state index < -0.39 is 47.7 Å². The van der Waals surface area contributed by atoms with Gasteiger partial charge in [0.25, 0.3) is 5.91 Å². The van der Waals surface area contributed by atoms with Crippen LogP contribution in [0.5, 0.6) is 5.75 Å². The quantitative estimate of drug-likeness (QED) is 0.704. The Morgan fingerprint density at radius 1 is 1.29 bits per heavy atom. The van der Waals surface area contributed by atoms with Crippen LogP contribution < -0.4 is 0 Å². The maximum Gasteiger partial charge on any atom is 0.419 e. The van der Waals surface area contributed by atoms with Crippen LogP contribution in [0.4, 0.5) is 13.2 Å². The van der Waals surface area contributed by atoms with E-state index >= 15 is 0 Å². The van der Waals surface area contributed by atoms with Gasteiger partial charge in [0, 0.05) is 0 Å². The van der Waals surface area contributed by atoms with Crippen LogP contribution in [0.2, 0.25) is 0 Å². The normalized spacial score (nSPS) is 23.2. The van der Waals surface area contributed by atoms with Crippen molar-refractivity contribution in [3.63, 3.8) is 0 Å². The highest BCUT2D eigenvalue weighted by atomic mass is 19.4. The summed E-state index contributed by atoms with van der Waals surface area (Å²) in [5.74, 6) is -2.25. The van der Waals surface area contributed by atoms with Gasteiger partial charge in [0.2, 0.25) is 0 Å². The molecule has 0 aliphatic carbocycles. The van der Waals surface area contributed by atoms with E-state index in [0.29, 0.717) is 11.1 Å². The Labute approximate surface area is 116 Å². The number of nitrogens with zero attached hydrogens (tertiary/aromatic N) is 1. The van der Waals surface area contributed by atoms with Crippen molar-refractivity contribution in [2.24, 2.45) is 0 Å². The third kappa shape index (κ3) is 3.09. The number of hydrogen-bond acceptors (Lipinski definition) is 5. The summed E-state index contributed by atoms with van der Waals surface area (Å²) in [6.45, 7) is -0.803. The summed E-state index contributed by atoms with van der Waals surface area (Å²) in [6, 6.07) is 2.63. The van der Waals surface area contributed by atoms with Gasteiger partial charge in [-0.05, 0) is 12.1 Å². The molecule has 0 radical (unpaired) electrons. The van der Waals surface area contributed by atoms with Gasteiger partial charge in [0.05, 0.1) is 17.7 Å². The highest BCUT2D eigenvalue weighted by Crippen LogP contribution is 2.37. The van der Waals surface area contributed by atoms with Crippen LogP contribution in [0.1, 0.15) is 15.9 Å². The van der Waals surface area contributed by atoms with Gasteiger partial charge < -0.3 is 15.3 Å². The van der Waals surface area contributed by atoms with E-state index in [0.717, 1.165) is 12.1 Å². The van der Waals surface area contributed by atoms with Crippen molar-refractivity contribution in [3.05, 3.63) is 29.3 Å². The smallest absolute Gasteiger partial charge is 0.419 e. The van der Waals surface area contributed by atoms with Gasteiger partial charge in [-0.15, -0.1) is 0 Å². The fourth-order valence-corrected chi connectivity index (χ4v) is 1.84. The molecule has 6 nitrogen and oxygen atoms in total. The highest BCUT2D eigenvalue weighted by Gasteiger charge is 2.37. The van der Waals surface area contributed by atoms with E-state index in [4.69, 9.17) is 4.84 Å². The van der Waals surface area contributed by atoms with Crippen LogP contribution in [0, 0.1) is 0 Å². The lowest BCUT2D eigenvalue weighted by atomic mass is 10.1. The molecular weight excluding hydrogens is 295 g/mol. The monoisotopic (exact) mass is 307 g/mol. The fraction of sp³-hybridized carbons (Fsp3) is 0.417. The van der Waals surface area contributed by atoms with E-state index in [2.05, 4.69) is 0 Å². The number of rotatable bonds is 1. The molecule has 3 N–H and O–H groups in total. The number of amides is 1. The van der Waals surface area contributed by atoms with Crippen molar-refractivity contribution in [2.45, 2.75) is 18.4 Å². The SMILES string of the molecule is O=C(c1cccc(C(F)(F)F)c1O)N1C[C@H](O)[C@H](O)CO1. The summed E-state index contributed by atoms with van der Waals surface area (Å²) in [7, 11) is 0. The van der Waals surface area contributed by atoms with E-state index in [9.17, 15) is 33.3 Å². The minimum atomic E-state index is -4.81. The number of β-amino-alcohol motifs (C(OH)–C–C–N with tert-alkyl or cyclic N) is 1. The molecule has 0 unspecified atom stereocenters. The Balaban J connectivity index is 2.28. The van der Waals surface area contributed by atoms with E-state index in [1.807, 2.05) is 0 Å². The lowest BCUT2D eigenvalue weighted by Gasteiger charge is -2.32. The number of phenolic OH excluding ortho intramolecular Hbond substituents is 1. The lowest BCUT2D eigenvalue weighted by Crippen LogP contribution is -2.50. The van der Waals surface area contributed by atoms with Gasteiger partial charge in [-0.2, -0.15) is 13.2 Å². The molecule has 1 fully saturated rings. The lowest BCUT2D eigenvalue weighted by molar-refractivity contribution is -0.212. The first-order valence-electron chi connectivity index (χ1n) is 5.92. The predicted molar refractivity (Wildman–Crippen MR) is 62.1 cm³/mol. The molecule has 0 saturated carbocycles. The molecule has 2 rings (SSSR count). The topological polar surface area (TPSA) is 90.2 Å². The molecule has 0 bridgehead atoms. The molecule has 1 aliphatic heterocycles. The van der Waals surface area contributed by atoms with E-state index in [-0.39, 0.29) is 6.61 Å². The zero-order chi connectivity index (χ0) is 15.8. The van der Waals surface area contributed by atoms with Crippen molar-refractivity contribution in [2.75, 3.05) is 13.2 Å². The molecule has 1 saturated heterocycles. The van der Waals surface area contributed by atoms with Crippen LogP contribution in [0.3, 0.4) is 0 Å². The highest BCUT2D eigenvalue weighted by molar-refractivity contribution is 5.96. The van der Waals surface area contributed by atoms with Gasteiger partial charge in [-0.1, -0.05) is 6.07 Å². The van der Waals surface area contributed by atoms with Crippen molar-refractivity contribution < 1.29 is 38.1 Å². The van der Waals surface area contributed by atoms with Crippen LogP contribution in [-0.4, -0.2) is 51.6 Å². The minimum absolute atomic E-state index is 0.382. The summed E-state index contributed by atoms with van der Waals surface area (Å²) >= 11 is 0. The molecular formula is C12H12F3NO5. The maximum atomic E-state index is 12.7. The van der Waals surface area contributed by atoms with Crippen molar-refractivity contribution in [3.8, 4) is 5.75 Å². The number of aliphatic hydroxyl groups is 2. The number of carbonyl (C=O) groups is 1. The standard InChI is InChI=1S/C12H12F3NO5/c13-12(14,15)7-3-1-2-6(10(7)19)11(20)16-4-8(17)9(18)5-21-16/h1-3,8-9,17-19H,4-5H2/t8-,9+/m0/s1. The molecule has 116 valence electrons. The van der Waals surface area contributed by atoms with Gasteiger partial charge in [0.1, 0.15) is 24.6 Å². The Kier molecular flexibility index (Phi) is 4.08. The van der Waals surface area contributed by atoms with Crippen LogP contribution in [-0.2, 0) is 11.0 Å². The molecule has 1 amide bonds. The minimum Gasteiger partial charge on any atom is -0.506 e. The van der Waals surface area contributed by atoms with Gasteiger partial charge >= 0.3 is 6.18 Å². The number of halogens is 3. The molecule has 1 heterocycles. The summed E-state index contributed by atoms with van der Waals surface area (Å²) in [6.07, 6.45) is -7.28. The van der Waals surface area contributed by atoms with Gasteiger partial charge in [-0.3, -0.25) is 9.63 Å². The van der Waals surface area contributed by atoms with Crippen molar-refractivity contribution in [1.82, 2.24) is 5.06 Å². The van der Waals surface area contributed by atoms with E-state index in [1.54, 1.807) is 0 Å². The zero-order valence-corrected chi connectivity index (χ0v) is 10.5. The van der Waals surface area contributed by atoms with Gasteiger partial charge in [0.15, 0.2) is 0 Å². The maximum absolute atomic E-state index is 12.7. The molecule has 1 aromatic rings. The number of alkyl halides is 3. The largest absolute Gasteiger partial charge is 0.506 e. The number of hydroxylamine groups is 2. The van der Waals surface area contributed by atoms with E-state index in [1.165, 1.54) is 0 Å². The second-order valence-electron chi connectivity index (χ2n) is 4.50. The number of hydrogen-bond donors (Lipinski definition) is 3. The molecule has 0 aromatic heterocycles. The van der Waals surface area contributed by atoms with Crippen LogP contribution >= 0.6 is 0 Å². The summed E-state index contributed by atoms with van der Waals surface area (Å²) < 4.78 is 38.0. The molecule has 0 spiro atoms. The summed E-state index contributed by atoms with van der Waals surface area (Å²) in [5, 5.41) is 28.9. The average Bonchev–Trinajstić information content (AvgIpc) is 2.40. The van der Waals surface area contributed by atoms with Crippen LogP contribution in [0.15, 0.2) is 18.2 Å². The second-order valence-corrected chi connectivity index (χ2v) is 4.50. The van der Waals surface area contributed by atoms with Crippen molar-refractivity contribution >= 4 is 5.91 Å². The third-order valence-electron chi connectivity index (χ3n) is 3.00. The van der Waals surface area contributed by atoms with Crippen molar-refractivity contribution in [1.29, 1.82) is 0 Å². The first-order valence-corrected chi connectivity index (χ1v) is 5.92. The number of carbonyl (C=O) groups excluding carboxylic acids is 1. The average molecular weight is 307 g/mol. The number of phenols is 1. The Morgan fingerprint density at radius 2 is 1.95 bits per heavy atom. The number of aliphatic hydroxyl groups excluding tert-OH is 2. The zero-order valence-electron chi connectivity index (χ0n) is 10.5. The molecule has 9 heteroatoms. The fourth-order valence-electron chi connectivity index (χ4n) is 1.84. The Hall–Kier alpha value is -1.84. The summed E-state index contributed by atoms with van der Waals surface area (Å²) in [4.78, 5) is 16.9. The predicted octanol–water partition coefficient (Wildman–Crippen LogP) is 0.520. The molecule has 2 atom stereocenters. The van der Waals surface area contributed by atoms with Crippen LogP contribution in [0.25, 0.3) is 0 Å². The third-order valence-corrected chi connectivity index (χ3v) is 3.00. The number of benzene rings is 1. The first kappa shape index (κ1) is 15.5.